The van der Waals surface area contributed by atoms with E-state index in [-0.39, 0.29) is 18.0 Å². The Labute approximate surface area is 120 Å². The number of carbonyl (C=O) groups is 2. The fraction of sp³-hybridized carbons (Fsp3) is 0.857. The van der Waals surface area contributed by atoms with Crippen molar-refractivity contribution in [1.82, 2.24) is 14.7 Å². The Bertz CT molecular complexity index is 378. The Hall–Kier alpha value is -1.30. The molecule has 0 spiro atoms. The molecule has 2 fully saturated rings. The molecule has 0 aromatic carbocycles. The van der Waals surface area contributed by atoms with Gasteiger partial charge >= 0.3 is 12.0 Å². The van der Waals surface area contributed by atoms with Crippen LogP contribution < -0.4 is 0 Å². The molecule has 0 bridgehead atoms. The Morgan fingerprint density at radius 3 is 2.15 bits per heavy atom. The largest absolute Gasteiger partial charge is 0.481 e. The topological polar surface area (TPSA) is 64.1 Å². The molecule has 1 N–H and O–H groups in total. The number of urea groups is 1. The van der Waals surface area contributed by atoms with Crippen molar-refractivity contribution < 1.29 is 14.7 Å². The highest BCUT2D eigenvalue weighted by Gasteiger charge is 2.40. The van der Waals surface area contributed by atoms with Crippen LogP contribution in [0.3, 0.4) is 0 Å². The first-order chi connectivity index (χ1) is 9.41. The summed E-state index contributed by atoms with van der Waals surface area (Å²) in [5, 5.41) is 9.19. The molecule has 2 amide bonds. The van der Waals surface area contributed by atoms with E-state index in [1.807, 2.05) is 11.8 Å². The van der Waals surface area contributed by atoms with Gasteiger partial charge in [0.05, 0.1) is 5.92 Å². The number of aliphatic carboxylic acids is 1. The van der Waals surface area contributed by atoms with Gasteiger partial charge in [0.1, 0.15) is 0 Å². The molecule has 0 aromatic rings. The summed E-state index contributed by atoms with van der Waals surface area (Å²) in [7, 11) is 3.54. The molecule has 2 aliphatic heterocycles. The van der Waals surface area contributed by atoms with E-state index in [2.05, 4.69) is 4.90 Å². The molecule has 2 rings (SSSR count). The monoisotopic (exact) mass is 283 g/mol. The standard InChI is InChI=1S/C14H25N3O3/c1-10-12(13(18)19)6-9-17(10)11-4-7-16(8-5-11)14(20)15(2)3/h10-12H,4-9H2,1-3H3,(H,18,19). The van der Waals surface area contributed by atoms with Gasteiger partial charge < -0.3 is 14.9 Å². The molecular formula is C14H25N3O3. The summed E-state index contributed by atoms with van der Waals surface area (Å²) >= 11 is 0. The van der Waals surface area contributed by atoms with Crippen LogP contribution in [-0.2, 0) is 4.79 Å². The fourth-order valence-electron chi connectivity index (χ4n) is 3.48. The van der Waals surface area contributed by atoms with Crippen LogP contribution >= 0.6 is 0 Å². The van der Waals surface area contributed by atoms with Crippen LogP contribution in [0.25, 0.3) is 0 Å². The van der Waals surface area contributed by atoms with E-state index < -0.39 is 5.97 Å². The minimum absolute atomic E-state index is 0.0707. The van der Waals surface area contributed by atoms with E-state index in [4.69, 9.17) is 0 Å². The SMILES string of the molecule is CC1C(C(=O)O)CCN1C1CCN(C(=O)N(C)C)CC1. The number of nitrogens with zero attached hydrogens (tertiary/aromatic N) is 3. The zero-order valence-electron chi connectivity index (χ0n) is 12.6. The molecule has 0 aromatic heterocycles. The molecule has 0 radical (unpaired) electrons. The van der Waals surface area contributed by atoms with Crippen molar-refractivity contribution in [2.24, 2.45) is 5.92 Å². The lowest BCUT2D eigenvalue weighted by molar-refractivity contribution is -0.142. The van der Waals surface area contributed by atoms with E-state index in [1.165, 1.54) is 0 Å². The minimum Gasteiger partial charge on any atom is -0.481 e. The normalized spacial score (nSPS) is 28.6. The first kappa shape index (κ1) is 15.1. The Balaban J connectivity index is 1.89. The maximum Gasteiger partial charge on any atom is 0.319 e. The average molecular weight is 283 g/mol. The van der Waals surface area contributed by atoms with Crippen molar-refractivity contribution in [3.8, 4) is 0 Å². The number of likely N-dealkylation sites (tertiary alicyclic amines) is 2. The molecule has 6 nitrogen and oxygen atoms in total. The van der Waals surface area contributed by atoms with Gasteiger partial charge in [0.25, 0.3) is 0 Å². The zero-order chi connectivity index (χ0) is 14.9. The molecule has 2 saturated heterocycles. The van der Waals surface area contributed by atoms with Crippen molar-refractivity contribution >= 4 is 12.0 Å². The van der Waals surface area contributed by atoms with Crippen LogP contribution in [0.15, 0.2) is 0 Å². The van der Waals surface area contributed by atoms with Gasteiger partial charge in [-0.05, 0) is 32.7 Å². The molecule has 0 aliphatic carbocycles. The van der Waals surface area contributed by atoms with Gasteiger partial charge in [-0.25, -0.2) is 4.79 Å². The number of amides is 2. The molecular weight excluding hydrogens is 258 g/mol. The van der Waals surface area contributed by atoms with Crippen LogP contribution in [0.1, 0.15) is 26.2 Å². The second-order valence-corrected chi connectivity index (χ2v) is 6.11. The quantitative estimate of drug-likeness (QED) is 0.819. The van der Waals surface area contributed by atoms with Crippen LogP contribution in [0.5, 0.6) is 0 Å². The summed E-state index contributed by atoms with van der Waals surface area (Å²) in [5.41, 5.74) is 0. The summed E-state index contributed by atoms with van der Waals surface area (Å²) in [4.78, 5) is 28.9. The van der Waals surface area contributed by atoms with Gasteiger partial charge in [0, 0.05) is 39.3 Å². The third kappa shape index (κ3) is 2.90. The van der Waals surface area contributed by atoms with E-state index in [9.17, 15) is 14.7 Å². The number of hydrogen-bond acceptors (Lipinski definition) is 3. The molecule has 2 heterocycles. The van der Waals surface area contributed by atoms with Crippen molar-refractivity contribution in [3.63, 3.8) is 0 Å². The number of rotatable bonds is 2. The number of carboxylic acid groups (broad SMARTS) is 1. The zero-order valence-corrected chi connectivity index (χ0v) is 12.6. The molecule has 2 aliphatic rings. The summed E-state index contributed by atoms with van der Waals surface area (Å²) < 4.78 is 0. The molecule has 20 heavy (non-hydrogen) atoms. The Kier molecular flexibility index (Phi) is 4.52. The third-order valence-electron chi connectivity index (χ3n) is 4.71. The van der Waals surface area contributed by atoms with Gasteiger partial charge in [0.15, 0.2) is 0 Å². The highest BCUT2D eigenvalue weighted by atomic mass is 16.4. The van der Waals surface area contributed by atoms with Crippen molar-refractivity contribution in [1.29, 1.82) is 0 Å². The number of carboxylic acids is 1. The van der Waals surface area contributed by atoms with E-state index in [0.717, 1.165) is 38.9 Å². The first-order valence-electron chi connectivity index (χ1n) is 7.36. The number of hydrogen-bond donors (Lipinski definition) is 1. The van der Waals surface area contributed by atoms with Crippen LogP contribution in [0, 0.1) is 5.92 Å². The maximum atomic E-state index is 11.9. The summed E-state index contributed by atoms with van der Waals surface area (Å²) in [5.74, 6) is -0.920. The summed E-state index contributed by atoms with van der Waals surface area (Å²) in [6, 6.07) is 0.593. The third-order valence-corrected chi connectivity index (χ3v) is 4.71. The molecule has 6 heteroatoms. The molecule has 2 unspecified atom stereocenters. The van der Waals surface area contributed by atoms with E-state index >= 15 is 0 Å². The lowest BCUT2D eigenvalue weighted by Gasteiger charge is -2.39. The van der Waals surface area contributed by atoms with E-state index in [0.29, 0.717) is 6.04 Å². The second kappa shape index (κ2) is 5.99. The lowest BCUT2D eigenvalue weighted by Crippen LogP contribution is -2.50. The molecule has 2 atom stereocenters. The van der Waals surface area contributed by atoms with Crippen molar-refractivity contribution in [3.05, 3.63) is 0 Å². The smallest absolute Gasteiger partial charge is 0.319 e. The first-order valence-corrected chi connectivity index (χ1v) is 7.36. The number of piperidine rings is 1. The van der Waals surface area contributed by atoms with Crippen molar-refractivity contribution in [2.45, 2.75) is 38.3 Å². The second-order valence-electron chi connectivity index (χ2n) is 6.11. The van der Waals surface area contributed by atoms with Gasteiger partial charge in [-0.1, -0.05) is 0 Å². The predicted octanol–water partition coefficient (Wildman–Crippen LogP) is 0.927. The molecule has 0 saturated carbocycles. The lowest BCUT2D eigenvalue weighted by atomic mass is 9.99. The Morgan fingerprint density at radius 2 is 1.70 bits per heavy atom. The van der Waals surface area contributed by atoms with Gasteiger partial charge in [0.2, 0.25) is 0 Å². The van der Waals surface area contributed by atoms with Crippen LogP contribution in [0.2, 0.25) is 0 Å². The van der Waals surface area contributed by atoms with Crippen LogP contribution in [-0.4, -0.2) is 77.6 Å². The minimum atomic E-state index is -0.680. The van der Waals surface area contributed by atoms with Gasteiger partial charge in [-0.2, -0.15) is 0 Å². The number of carbonyl (C=O) groups excluding carboxylic acids is 1. The van der Waals surface area contributed by atoms with Crippen LogP contribution in [0.4, 0.5) is 4.79 Å². The van der Waals surface area contributed by atoms with E-state index in [1.54, 1.807) is 19.0 Å². The highest BCUT2D eigenvalue weighted by molar-refractivity contribution is 5.74. The fourth-order valence-corrected chi connectivity index (χ4v) is 3.48. The summed E-state index contributed by atoms with van der Waals surface area (Å²) in [6.07, 6.45) is 2.62. The van der Waals surface area contributed by atoms with Crippen molar-refractivity contribution in [2.75, 3.05) is 33.7 Å². The van der Waals surface area contributed by atoms with Gasteiger partial charge in [-0.3, -0.25) is 9.69 Å². The predicted molar refractivity (Wildman–Crippen MR) is 75.6 cm³/mol. The Morgan fingerprint density at radius 1 is 1.10 bits per heavy atom. The maximum absolute atomic E-state index is 11.9. The highest BCUT2D eigenvalue weighted by Crippen LogP contribution is 2.30. The molecule has 114 valence electrons. The average Bonchev–Trinajstić information content (AvgIpc) is 2.80. The van der Waals surface area contributed by atoms with Gasteiger partial charge in [-0.15, -0.1) is 0 Å². The summed E-state index contributed by atoms with van der Waals surface area (Å²) in [6.45, 7) is 4.42.